The van der Waals surface area contributed by atoms with Gasteiger partial charge in [0, 0.05) is 19.2 Å². The van der Waals surface area contributed by atoms with Crippen molar-refractivity contribution < 1.29 is 0 Å². The van der Waals surface area contributed by atoms with Crippen LogP contribution < -0.4 is 22.1 Å². The summed E-state index contributed by atoms with van der Waals surface area (Å²) in [7, 11) is 0. The average molecular weight is 306 g/mol. The van der Waals surface area contributed by atoms with E-state index in [4.69, 9.17) is 11.5 Å². The van der Waals surface area contributed by atoms with Crippen LogP contribution in [0.2, 0.25) is 0 Å². The summed E-state index contributed by atoms with van der Waals surface area (Å²) >= 11 is 0. The Hall–Kier alpha value is -2.72. The van der Waals surface area contributed by atoms with Gasteiger partial charge in [-0.25, -0.2) is 0 Å². The third kappa shape index (κ3) is 3.38. The summed E-state index contributed by atoms with van der Waals surface area (Å²) in [4.78, 5) is 0. The van der Waals surface area contributed by atoms with Gasteiger partial charge < -0.3 is 16.8 Å². The zero-order valence-corrected chi connectivity index (χ0v) is 13.0. The lowest BCUT2D eigenvalue weighted by Crippen LogP contribution is -2.61. The summed E-state index contributed by atoms with van der Waals surface area (Å²) in [6.45, 7) is 0.697. The minimum absolute atomic E-state index is 0.587. The maximum Gasteiger partial charge on any atom is 0.135 e. The molecule has 1 unspecified atom stereocenters. The summed E-state index contributed by atoms with van der Waals surface area (Å²) < 4.78 is 0. The molecule has 0 radical (unpaired) electrons. The molecule has 2 aromatic carbocycles. The van der Waals surface area contributed by atoms with E-state index in [-0.39, 0.29) is 0 Å². The summed E-state index contributed by atoms with van der Waals surface area (Å²) in [5.41, 5.74) is 15.4. The minimum Gasteiger partial charge on any atom is -0.397 e. The maximum absolute atomic E-state index is 6.35. The monoisotopic (exact) mass is 306 g/mol. The Bertz CT molecular complexity index is 707. The third-order valence-electron chi connectivity index (χ3n) is 4.11. The maximum atomic E-state index is 6.35. The fourth-order valence-electron chi connectivity index (χ4n) is 2.79. The van der Waals surface area contributed by atoms with Crippen LogP contribution in [0.4, 0.5) is 0 Å². The molecule has 0 spiro atoms. The molecule has 0 aliphatic carbocycles. The molecule has 2 aromatic rings. The number of nitrogens with two attached hydrogens (primary N) is 2. The highest BCUT2D eigenvalue weighted by molar-refractivity contribution is 5.36. The molecule has 118 valence electrons. The molecular weight excluding hydrogens is 284 g/mol. The van der Waals surface area contributed by atoms with Crippen LogP contribution in [-0.4, -0.2) is 5.66 Å². The van der Waals surface area contributed by atoms with E-state index >= 15 is 0 Å². The van der Waals surface area contributed by atoms with Crippen LogP contribution in [-0.2, 0) is 13.0 Å². The number of hydrogen-bond acceptors (Lipinski definition) is 4. The Morgan fingerprint density at radius 3 is 2.13 bits per heavy atom. The van der Waals surface area contributed by atoms with Gasteiger partial charge in [-0.1, -0.05) is 60.7 Å². The minimum atomic E-state index is -0.587. The molecule has 1 aliphatic rings. The molecule has 0 saturated carbocycles. The van der Waals surface area contributed by atoms with Crippen molar-refractivity contribution in [3.63, 3.8) is 0 Å². The summed E-state index contributed by atoms with van der Waals surface area (Å²) in [6, 6.07) is 20.5. The Morgan fingerprint density at radius 2 is 1.48 bits per heavy atom. The molecule has 0 aromatic heterocycles. The first-order chi connectivity index (χ1) is 11.2. The van der Waals surface area contributed by atoms with Crippen molar-refractivity contribution in [2.45, 2.75) is 18.6 Å². The predicted octanol–water partition coefficient (Wildman–Crippen LogP) is 1.96. The Labute approximate surface area is 136 Å². The fraction of sp³-hybridized carbons (Fsp3) is 0.158. The van der Waals surface area contributed by atoms with Crippen molar-refractivity contribution in [2.75, 3.05) is 0 Å². The first-order valence-corrected chi connectivity index (χ1v) is 7.72. The largest absolute Gasteiger partial charge is 0.397 e. The highest BCUT2D eigenvalue weighted by atomic mass is 15.2. The molecule has 4 nitrogen and oxygen atoms in total. The second kappa shape index (κ2) is 6.58. The van der Waals surface area contributed by atoms with E-state index in [2.05, 4.69) is 34.9 Å². The quantitative estimate of drug-likeness (QED) is 0.681. The molecule has 1 aliphatic heterocycles. The van der Waals surface area contributed by atoms with Crippen molar-refractivity contribution in [1.29, 1.82) is 0 Å². The lowest BCUT2D eigenvalue weighted by molar-refractivity contribution is 0.325. The number of nitrogens with one attached hydrogen (secondary N) is 2. The smallest absolute Gasteiger partial charge is 0.135 e. The zero-order valence-electron chi connectivity index (χ0n) is 13.0. The number of dihydropyridines is 1. The molecule has 1 atom stereocenters. The van der Waals surface area contributed by atoms with Gasteiger partial charge in [0.25, 0.3) is 0 Å². The van der Waals surface area contributed by atoms with Crippen LogP contribution in [0.3, 0.4) is 0 Å². The predicted molar refractivity (Wildman–Crippen MR) is 93.8 cm³/mol. The van der Waals surface area contributed by atoms with Gasteiger partial charge in [-0.15, -0.1) is 0 Å². The van der Waals surface area contributed by atoms with E-state index < -0.39 is 5.66 Å². The zero-order chi connectivity index (χ0) is 16.1. The van der Waals surface area contributed by atoms with Crippen LogP contribution in [0.25, 0.3) is 0 Å². The Kier molecular flexibility index (Phi) is 4.35. The van der Waals surface area contributed by atoms with Gasteiger partial charge >= 0.3 is 0 Å². The van der Waals surface area contributed by atoms with Crippen LogP contribution >= 0.6 is 0 Å². The Morgan fingerprint density at radius 1 is 0.870 bits per heavy atom. The van der Waals surface area contributed by atoms with Crippen LogP contribution in [0.5, 0.6) is 0 Å². The molecule has 1 heterocycles. The molecule has 4 heteroatoms. The average Bonchev–Trinajstić information content (AvgIpc) is 2.59. The van der Waals surface area contributed by atoms with Crippen LogP contribution in [0.15, 0.2) is 84.3 Å². The van der Waals surface area contributed by atoms with Crippen LogP contribution in [0.1, 0.15) is 11.1 Å². The number of rotatable bonds is 5. The summed E-state index contributed by atoms with van der Waals surface area (Å²) in [6.07, 6.45) is 4.35. The second-order valence-electron chi connectivity index (χ2n) is 5.75. The highest BCUT2D eigenvalue weighted by Gasteiger charge is 2.34. The van der Waals surface area contributed by atoms with Gasteiger partial charge in [-0.05, 0) is 17.2 Å². The Balaban J connectivity index is 1.86. The standard InChI is InChI=1S/C19H22N4/c20-17-11-12-22-19(18(17)21,13-15-7-3-1-4-8-15)23-14-16-9-5-2-6-10-16/h1-12,22-23H,13-14,20-21H2. The number of hydrogen-bond donors (Lipinski definition) is 4. The molecule has 3 rings (SSSR count). The topological polar surface area (TPSA) is 76.1 Å². The first-order valence-electron chi connectivity index (χ1n) is 7.72. The highest BCUT2D eigenvalue weighted by Crippen LogP contribution is 2.22. The van der Waals surface area contributed by atoms with Gasteiger partial charge in [0.2, 0.25) is 0 Å². The van der Waals surface area contributed by atoms with Crippen molar-refractivity contribution >= 4 is 0 Å². The van der Waals surface area contributed by atoms with E-state index in [9.17, 15) is 0 Å². The fourth-order valence-corrected chi connectivity index (χ4v) is 2.79. The summed E-state index contributed by atoms with van der Waals surface area (Å²) in [5, 5.41) is 6.93. The SMILES string of the molecule is NC1=C(N)C(Cc2ccccc2)(NCc2ccccc2)NC=C1. The number of allylic oxidation sites excluding steroid dienone is 1. The molecule has 23 heavy (non-hydrogen) atoms. The first kappa shape index (κ1) is 15.2. The van der Waals surface area contributed by atoms with Gasteiger partial charge in [-0.2, -0.15) is 0 Å². The lowest BCUT2D eigenvalue weighted by atomic mass is 9.93. The van der Waals surface area contributed by atoms with Crippen LogP contribution in [0, 0.1) is 0 Å². The van der Waals surface area contributed by atoms with E-state index in [0.717, 1.165) is 0 Å². The van der Waals surface area contributed by atoms with Crippen molar-refractivity contribution in [3.8, 4) is 0 Å². The van der Waals surface area contributed by atoms with E-state index in [1.54, 1.807) is 6.08 Å². The second-order valence-corrected chi connectivity index (χ2v) is 5.75. The number of benzene rings is 2. The van der Waals surface area contributed by atoms with Crippen molar-refractivity contribution in [3.05, 3.63) is 95.5 Å². The molecule has 0 amide bonds. The molecule has 0 bridgehead atoms. The molecule has 6 N–H and O–H groups in total. The van der Waals surface area contributed by atoms with Crippen molar-refractivity contribution in [1.82, 2.24) is 10.6 Å². The normalized spacial score (nSPS) is 20.3. The summed E-state index contributed by atoms with van der Waals surface area (Å²) in [5.74, 6) is 0. The molecule has 0 saturated heterocycles. The van der Waals surface area contributed by atoms with E-state index in [1.165, 1.54) is 11.1 Å². The van der Waals surface area contributed by atoms with Crippen molar-refractivity contribution in [2.24, 2.45) is 11.5 Å². The van der Waals surface area contributed by atoms with Gasteiger partial charge in [0.05, 0.1) is 11.4 Å². The molecular formula is C19H22N4. The lowest BCUT2D eigenvalue weighted by Gasteiger charge is -2.39. The third-order valence-corrected chi connectivity index (χ3v) is 4.11. The van der Waals surface area contributed by atoms with Gasteiger partial charge in [0.15, 0.2) is 0 Å². The molecule has 0 fully saturated rings. The van der Waals surface area contributed by atoms with Gasteiger partial charge in [-0.3, -0.25) is 5.32 Å². The van der Waals surface area contributed by atoms with E-state index in [1.807, 2.05) is 42.6 Å². The van der Waals surface area contributed by atoms with Gasteiger partial charge in [0.1, 0.15) is 5.66 Å². The van der Waals surface area contributed by atoms with E-state index in [0.29, 0.717) is 24.4 Å².